The van der Waals surface area contributed by atoms with Crippen molar-refractivity contribution >= 4 is 29.8 Å². The number of nitrogens with zero attached hydrogens (tertiary/aromatic N) is 1. The minimum Gasteiger partial charge on any atom is -0.384 e. The summed E-state index contributed by atoms with van der Waals surface area (Å²) in [6.07, 6.45) is 5.10. The molecule has 0 bridgehead atoms. The molecule has 0 atom stereocenters. The molecule has 62 valence electrons. The molecule has 2 N–H and O–H groups in total. The summed E-state index contributed by atoms with van der Waals surface area (Å²) in [7, 11) is 0. The number of aromatic nitrogens is 1. The summed E-state index contributed by atoms with van der Waals surface area (Å²) in [5, 5.41) is 0.487. The predicted molar refractivity (Wildman–Crippen MR) is 48.8 cm³/mol. The van der Waals surface area contributed by atoms with E-state index in [1.54, 1.807) is 6.08 Å². The minimum atomic E-state index is 0.364. The molecule has 1 heterocycles. The van der Waals surface area contributed by atoms with E-state index in [2.05, 4.69) is 4.98 Å². The average Bonchev–Trinajstić information content (AvgIpc) is 2.03. The Balaban J connectivity index is 3.01. The smallest absolute Gasteiger partial charge is 0.142 e. The van der Waals surface area contributed by atoms with Crippen molar-refractivity contribution < 1.29 is 4.79 Å². The van der Waals surface area contributed by atoms with Crippen LogP contribution in [0.2, 0.25) is 5.02 Å². The van der Waals surface area contributed by atoms with Crippen LogP contribution in [0.5, 0.6) is 0 Å². The van der Waals surface area contributed by atoms with E-state index < -0.39 is 0 Å². The fourth-order valence-corrected chi connectivity index (χ4v) is 0.945. The van der Waals surface area contributed by atoms with Crippen LogP contribution in [0, 0.1) is 0 Å². The van der Waals surface area contributed by atoms with Crippen molar-refractivity contribution in [3.8, 4) is 0 Å². The van der Waals surface area contributed by atoms with E-state index in [0.717, 1.165) is 0 Å². The zero-order valence-corrected chi connectivity index (χ0v) is 6.95. The maximum absolute atomic E-state index is 9.98. The van der Waals surface area contributed by atoms with Crippen LogP contribution in [0.25, 0.3) is 6.08 Å². The number of allylic oxidation sites excluding steroid dienone is 1. The summed E-state index contributed by atoms with van der Waals surface area (Å²) in [6.45, 7) is 0. The first-order valence-electron chi connectivity index (χ1n) is 3.27. The second-order valence-electron chi connectivity index (χ2n) is 2.13. The zero-order chi connectivity index (χ0) is 8.97. The molecule has 0 aliphatic carbocycles. The molecule has 12 heavy (non-hydrogen) atoms. The summed E-state index contributed by atoms with van der Waals surface area (Å²) in [5.41, 5.74) is 6.05. The van der Waals surface area contributed by atoms with E-state index in [1.165, 1.54) is 18.3 Å². The normalized spacial score (nSPS) is 10.4. The maximum Gasteiger partial charge on any atom is 0.142 e. The van der Waals surface area contributed by atoms with Crippen LogP contribution in [0.4, 0.5) is 5.82 Å². The van der Waals surface area contributed by atoms with Crippen LogP contribution >= 0.6 is 11.6 Å². The highest BCUT2D eigenvalue weighted by Gasteiger charge is 1.96. The fraction of sp³-hybridized carbons (Fsp3) is 0. The number of nitrogen functional groups attached to an aromatic ring is 1. The van der Waals surface area contributed by atoms with Gasteiger partial charge in [0.05, 0.1) is 5.02 Å². The molecule has 0 aromatic carbocycles. The van der Waals surface area contributed by atoms with Crippen molar-refractivity contribution in [3.63, 3.8) is 0 Å². The molecule has 0 aliphatic rings. The molecule has 1 aromatic heterocycles. The molecule has 3 nitrogen and oxygen atoms in total. The van der Waals surface area contributed by atoms with Gasteiger partial charge in [-0.3, -0.25) is 4.79 Å². The van der Waals surface area contributed by atoms with Gasteiger partial charge in [0.25, 0.3) is 0 Å². The Labute approximate surface area is 74.9 Å². The molecule has 0 unspecified atom stereocenters. The lowest BCUT2D eigenvalue weighted by Gasteiger charge is -1.97. The van der Waals surface area contributed by atoms with Crippen molar-refractivity contribution in [2.24, 2.45) is 0 Å². The predicted octanol–water partition coefficient (Wildman–Crippen LogP) is 1.53. The van der Waals surface area contributed by atoms with Crippen molar-refractivity contribution in [2.75, 3.05) is 5.73 Å². The highest BCUT2D eigenvalue weighted by atomic mass is 35.5. The van der Waals surface area contributed by atoms with Gasteiger partial charge in [-0.05, 0) is 18.2 Å². The van der Waals surface area contributed by atoms with E-state index in [9.17, 15) is 4.79 Å². The summed E-state index contributed by atoms with van der Waals surface area (Å²) in [4.78, 5) is 13.8. The van der Waals surface area contributed by atoms with E-state index >= 15 is 0 Å². The minimum absolute atomic E-state index is 0.364. The Morgan fingerprint density at radius 2 is 2.33 bits per heavy atom. The number of hydrogen-bond donors (Lipinski definition) is 1. The summed E-state index contributed by atoms with van der Waals surface area (Å²) < 4.78 is 0. The third-order valence-electron chi connectivity index (χ3n) is 1.26. The van der Waals surface area contributed by atoms with Crippen LogP contribution < -0.4 is 5.73 Å². The first-order valence-corrected chi connectivity index (χ1v) is 3.64. The fourth-order valence-electron chi connectivity index (χ4n) is 0.722. The van der Waals surface area contributed by atoms with Crippen LogP contribution in [0.1, 0.15) is 5.56 Å². The lowest BCUT2D eigenvalue weighted by atomic mass is 10.2. The number of nitrogens with two attached hydrogens (primary N) is 1. The third kappa shape index (κ3) is 2.07. The van der Waals surface area contributed by atoms with Crippen LogP contribution in [0.3, 0.4) is 0 Å². The molecule has 1 aromatic rings. The Kier molecular flexibility index (Phi) is 2.82. The van der Waals surface area contributed by atoms with Crippen LogP contribution in [-0.4, -0.2) is 11.3 Å². The number of hydrogen-bond acceptors (Lipinski definition) is 3. The number of carbonyl (C=O) groups is 1. The van der Waals surface area contributed by atoms with Gasteiger partial charge in [0.1, 0.15) is 12.1 Å². The number of pyridine rings is 1. The van der Waals surface area contributed by atoms with Gasteiger partial charge in [-0.1, -0.05) is 11.6 Å². The first-order chi connectivity index (χ1) is 5.74. The third-order valence-corrected chi connectivity index (χ3v) is 1.58. The second kappa shape index (κ2) is 3.88. The lowest BCUT2D eigenvalue weighted by Crippen LogP contribution is -1.89. The molecule has 0 fully saturated rings. The van der Waals surface area contributed by atoms with Crippen LogP contribution in [0.15, 0.2) is 18.3 Å². The second-order valence-corrected chi connectivity index (χ2v) is 2.53. The largest absolute Gasteiger partial charge is 0.384 e. The molecule has 1 rings (SSSR count). The average molecular weight is 183 g/mol. The molecule has 0 aliphatic heterocycles. The number of halogens is 1. The molecule has 0 saturated heterocycles. The van der Waals surface area contributed by atoms with Gasteiger partial charge in [0.2, 0.25) is 0 Å². The molecule has 0 saturated carbocycles. The SMILES string of the molecule is Nc1cc(Cl)c(C=CC=O)cn1. The highest BCUT2D eigenvalue weighted by molar-refractivity contribution is 6.32. The summed E-state index contributed by atoms with van der Waals surface area (Å²) in [5.74, 6) is 0.364. The molecule has 0 radical (unpaired) electrons. The van der Waals surface area contributed by atoms with Crippen LogP contribution in [-0.2, 0) is 4.79 Å². The van der Waals surface area contributed by atoms with E-state index in [-0.39, 0.29) is 0 Å². The van der Waals surface area contributed by atoms with Crippen molar-refractivity contribution in [3.05, 3.63) is 28.9 Å². The van der Waals surface area contributed by atoms with Crippen molar-refractivity contribution in [1.29, 1.82) is 0 Å². The number of aldehydes is 1. The van der Waals surface area contributed by atoms with Gasteiger partial charge in [0.15, 0.2) is 0 Å². The summed E-state index contributed by atoms with van der Waals surface area (Å²) >= 11 is 5.78. The Hall–Kier alpha value is -1.35. The number of rotatable bonds is 2. The lowest BCUT2D eigenvalue weighted by molar-refractivity contribution is -0.104. The molecule has 0 amide bonds. The standard InChI is InChI=1S/C8H7ClN2O/c9-7-4-8(10)11-5-6(7)2-1-3-12/h1-5H,(H2,10,11). The van der Waals surface area contributed by atoms with Gasteiger partial charge < -0.3 is 5.73 Å². The summed E-state index contributed by atoms with van der Waals surface area (Å²) in [6, 6.07) is 1.53. The molecular formula is C8H7ClN2O. The van der Waals surface area contributed by atoms with Gasteiger partial charge in [-0.2, -0.15) is 0 Å². The number of anilines is 1. The van der Waals surface area contributed by atoms with Gasteiger partial charge in [-0.15, -0.1) is 0 Å². The maximum atomic E-state index is 9.98. The Morgan fingerprint density at radius 1 is 1.58 bits per heavy atom. The number of carbonyl (C=O) groups excluding carboxylic acids is 1. The van der Waals surface area contributed by atoms with E-state index in [0.29, 0.717) is 22.7 Å². The topological polar surface area (TPSA) is 56.0 Å². The van der Waals surface area contributed by atoms with Gasteiger partial charge >= 0.3 is 0 Å². The Morgan fingerprint density at radius 3 is 2.92 bits per heavy atom. The molecule has 0 spiro atoms. The Bertz CT molecular complexity index is 323. The van der Waals surface area contributed by atoms with Crippen molar-refractivity contribution in [2.45, 2.75) is 0 Å². The van der Waals surface area contributed by atoms with Gasteiger partial charge in [0, 0.05) is 11.8 Å². The monoisotopic (exact) mass is 182 g/mol. The van der Waals surface area contributed by atoms with E-state index in [1.807, 2.05) is 0 Å². The van der Waals surface area contributed by atoms with Gasteiger partial charge in [-0.25, -0.2) is 4.98 Å². The molecule has 4 heteroatoms. The van der Waals surface area contributed by atoms with E-state index in [4.69, 9.17) is 17.3 Å². The zero-order valence-electron chi connectivity index (χ0n) is 6.20. The first kappa shape index (κ1) is 8.74. The quantitative estimate of drug-likeness (QED) is 0.558. The van der Waals surface area contributed by atoms with Crippen molar-refractivity contribution in [1.82, 2.24) is 4.98 Å². The highest BCUT2D eigenvalue weighted by Crippen LogP contribution is 2.17. The molecular weight excluding hydrogens is 176 g/mol.